The number of phenols is 1. The molecule has 0 aliphatic carbocycles. The molecule has 0 radical (unpaired) electrons. The summed E-state index contributed by atoms with van der Waals surface area (Å²) < 4.78 is 0. The highest BCUT2D eigenvalue weighted by atomic mass is 32.3. The second kappa shape index (κ2) is 11.4. The van der Waals surface area contributed by atoms with Crippen LogP contribution in [0.25, 0.3) is 27.6 Å². The minimum Gasteiger partial charge on any atom is -0.506 e. The molecule has 6 aromatic rings. The van der Waals surface area contributed by atoms with Gasteiger partial charge in [0.25, 0.3) is 0 Å². The third-order valence-electron chi connectivity index (χ3n) is 7.21. The lowest BCUT2D eigenvalue weighted by atomic mass is 10.1. The largest absolute Gasteiger partial charge is 0.506 e. The van der Waals surface area contributed by atoms with Gasteiger partial charge in [-0.05, 0) is 58.8 Å². The Hall–Kier alpha value is -4.77. The Bertz CT molecular complexity index is 1810. The van der Waals surface area contributed by atoms with Crippen LogP contribution in [0.1, 0.15) is 12.5 Å². The van der Waals surface area contributed by atoms with Gasteiger partial charge >= 0.3 is 0 Å². The van der Waals surface area contributed by atoms with Crippen LogP contribution in [0.2, 0.25) is 0 Å². The second-order valence-corrected chi connectivity index (χ2v) is 12.8. The number of fused-ring (bicyclic) bond motifs is 2. The van der Waals surface area contributed by atoms with Crippen LogP contribution in [0, 0.1) is 0 Å². The molecule has 6 rings (SSSR count). The molecule has 6 aromatic carbocycles. The van der Waals surface area contributed by atoms with Gasteiger partial charge in [0.1, 0.15) is 5.75 Å². The van der Waals surface area contributed by atoms with E-state index >= 15 is 0 Å². The number of hydrogen-bond acceptors (Lipinski definition) is 3. The smallest absolute Gasteiger partial charge is 0.140 e. The fraction of sp³-hybridized carbons (Fsp3) is 0.0270. The van der Waals surface area contributed by atoms with Crippen LogP contribution in [0.15, 0.2) is 166 Å². The van der Waals surface area contributed by atoms with Crippen molar-refractivity contribution in [2.75, 3.05) is 5.43 Å². The van der Waals surface area contributed by atoms with Gasteiger partial charge in [-0.1, -0.05) is 138 Å². The number of nitrogens with one attached hydrogen (secondary N) is 2. The van der Waals surface area contributed by atoms with Crippen LogP contribution < -0.4 is 10.3 Å². The monoisotopic (exact) mass is 552 g/mol. The van der Waals surface area contributed by atoms with E-state index in [9.17, 15) is 5.11 Å². The molecule has 0 atom stereocenters. The second-order valence-electron chi connectivity index (χ2n) is 10.0. The van der Waals surface area contributed by atoms with Crippen molar-refractivity contribution in [1.29, 1.82) is 0 Å². The Morgan fingerprint density at radius 2 is 1.20 bits per heavy atom. The lowest BCUT2D eigenvalue weighted by Gasteiger charge is -2.43. The van der Waals surface area contributed by atoms with Crippen molar-refractivity contribution in [3.63, 3.8) is 0 Å². The van der Waals surface area contributed by atoms with Crippen molar-refractivity contribution in [2.24, 2.45) is 0 Å². The van der Waals surface area contributed by atoms with Crippen molar-refractivity contribution in [2.45, 2.75) is 21.6 Å². The molecule has 0 bridgehead atoms. The van der Waals surface area contributed by atoms with E-state index in [0.717, 1.165) is 16.0 Å². The first kappa shape index (κ1) is 26.5. The van der Waals surface area contributed by atoms with Gasteiger partial charge in [-0.3, -0.25) is 0 Å². The number of hydrazine groups is 1. The molecule has 0 amide bonds. The molecular weight excluding hydrogens is 520 g/mol. The number of phenolic OH excluding ortho intramolecular Hbond substituents is 1. The molecule has 0 spiro atoms. The fourth-order valence-electron chi connectivity index (χ4n) is 5.28. The summed E-state index contributed by atoms with van der Waals surface area (Å²) in [5, 5.41) is 15.8. The van der Waals surface area contributed by atoms with Crippen LogP contribution in [0.5, 0.6) is 5.75 Å². The molecule has 0 aliphatic rings. The number of allylic oxidation sites excluding steroid dienone is 2. The van der Waals surface area contributed by atoms with Crippen LogP contribution in [-0.2, 0) is 0 Å². The van der Waals surface area contributed by atoms with Gasteiger partial charge in [0.2, 0.25) is 0 Å². The maximum absolute atomic E-state index is 11.1. The first-order valence-corrected chi connectivity index (χ1v) is 15.2. The Morgan fingerprint density at radius 1 is 0.659 bits per heavy atom. The predicted octanol–water partition coefficient (Wildman–Crippen LogP) is 10.1. The summed E-state index contributed by atoms with van der Waals surface area (Å²) in [5.41, 5.74) is 5.93. The number of para-hydroxylation sites is 1. The minimum atomic E-state index is -2.16. The fourth-order valence-corrected chi connectivity index (χ4v) is 8.78. The summed E-state index contributed by atoms with van der Waals surface area (Å²) in [6.45, 7) is 5.96. The van der Waals surface area contributed by atoms with E-state index in [1.54, 1.807) is 6.07 Å². The van der Waals surface area contributed by atoms with Gasteiger partial charge in [0, 0.05) is 20.2 Å². The minimum absolute atomic E-state index is 0.165. The summed E-state index contributed by atoms with van der Waals surface area (Å²) in [6.07, 6.45) is 3.92. The highest BCUT2D eigenvalue weighted by molar-refractivity contribution is 8.32. The van der Waals surface area contributed by atoms with Gasteiger partial charge in [-0.15, -0.1) is 0 Å². The lowest BCUT2D eigenvalue weighted by Crippen LogP contribution is -2.28. The van der Waals surface area contributed by atoms with Gasteiger partial charge in [-0.25, -0.2) is 0 Å². The molecule has 0 saturated carbocycles. The number of anilines is 1. The van der Waals surface area contributed by atoms with Crippen molar-refractivity contribution in [3.05, 3.63) is 157 Å². The molecule has 0 heterocycles. The van der Waals surface area contributed by atoms with Crippen LogP contribution in [0.3, 0.4) is 0 Å². The molecule has 0 unspecified atom stereocenters. The highest BCUT2D eigenvalue weighted by Gasteiger charge is 2.34. The lowest BCUT2D eigenvalue weighted by molar-refractivity contribution is 0.477. The van der Waals surface area contributed by atoms with Crippen molar-refractivity contribution < 1.29 is 5.11 Å². The zero-order chi connectivity index (χ0) is 28.2. The standard InChI is InChI=1S/C37H32N2OS/c1-27(2)25-26-30-17-10-22-34(40)37(30)38-39-41(31-18-4-3-5-19-31,35-23-11-15-28-13-6-8-20-32(28)35)36-24-12-16-29-14-7-9-21-33(29)36/h3-26,38-40H,1H2,2H3/b26-25-. The van der Waals surface area contributed by atoms with Gasteiger partial charge in [0.15, 0.2) is 0 Å². The average Bonchev–Trinajstić information content (AvgIpc) is 3.01. The van der Waals surface area contributed by atoms with Crippen LogP contribution >= 0.6 is 10.2 Å². The number of hydrogen-bond donors (Lipinski definition) is 3. The third kappa shape index (κ3) is 5.00. The number of rotatable bonds is 8. The van der Waals surface area contributed by atoms with Gasteiger partial charge in [0.05, 0.1) is 5.69 Å². The topological polar surface area (TPSA) is 44.3 Å². The van der Waals surface area contributed by atoms with E-state index in [2.05, 4.69) is 132 Å². The Morgan fingerprint density at radius 3 is 1.80 bits per heavy atom. The summed E-state index contributed by atoms with van der Waals surface area (Å²) >= 11 is 0. The van der Waals surface area contributed by atoms with Crippen molar-refractivity contribution in [1.82, 2.24) is 4.83 Å². The van der Waals surface area contributed by atoms with E-state index in [1.807, 2.05) is 31.2 Å². The van der Waals surface area contributed by atoms with Gasteiger partial charge < -0.3 is 10.5 Å². The Labute approximate surface area is 242 Å². The number of aromatic hydroxyl groups is 1. The molecule has 3 N–H and O–H groups in total. The molecule has 0 fully saturated rings. The van der Waals surface area contributed by atoms with E-state index in [1.165, 1.54) is 31.3 Å². The maximum atomic E-state index is 11.1. The summed E-state index contributed by atoms with van der Waals surface area (Å²) in [5.74, 6) is 0.165. The SMILES string of the molecule is C=C(C)/C=C\c1cccc(O)c1NNS(c1ccccc1)(c1cccc2ccccc12)c1cccc2ccccc12. The van der Waals surface area contributed by atoms with Crippen LogP contribution in [-0.4, -0.2) is 5.11 Å². The van der Waals surface area contributed by atoms with Gasteiger partial charge in [-0.2, -0.15) is 4.83 Å². The summed E-state index contributed by atoms with van der Waals surface area (Å²) in [7, 11) is -2.16. The first-order valence-electron chi connectivity index (χ1n) is 13.6. The average molecular weight is 553 g/mol. The quantitative estimate of drug-likeness (QED) is 0.1000. The molecular formula is C37H32N2OS. The predicted molar refractivity (Wildman–Crippen MR) is 175 cm³/mol. The molecule has 41 heavy (non-hydrogen) atoms. The zero-order valence-corrected chi connectivity index (χ0v) is 23.7. The van der Waals surface area contributed by atoms with E-state index in [0.29, 0.717) is 5.69 Å². The Balaban J connectivity index is 1.67. The molecule has 0 aliphatic heterocycles. The highest BCUT2D eigenvalue weighted by Crippen LogP contribution is 2.68. The van der Waals surface area contributed by atoms with Crippen LogP contribution in [0.4, 0.5) is 5.69 Å². The summed E-state index contributed by atoms with van der Waals surface area (Å²) in [6, 6.07) is 46.3. The first-order chi connectivity index (χ1) is 20.1. The molecule has 3 nitrogen and oxygen atoms in total. The van der Waals surface area contributed by atoms with E-state index < -0.39 is 10.2 Å². The molecule has 0 aromatic heterocycles. The normalized spacial score (nSPS) is 12.1. The van der Waals surface area contributed by atoms with E-state index in [4.69, 9.17) is 0 Å². The van der Waals surface area contributed by atoms with E-state index in [-0.39, 0.29) is 5.75 Å². The molecule has 202 valence electrons. The number of benzene rings is 6. The molecule has 4 heteroatoms. The van der Waals surface area contributed by atoms with Crippen molar-refractivity contribution in [3.8, 4) is 5.75 Å². The maximum Gasteiger partial charge on any atom is 0.140 e. The van der Waals surface area contributed by atoms with Crippen molar-refractivity contribution >= 4 is 43.5 Å². The zero-order valence-electron chi connectivity index (χ0n) is 22.9. The summed E-state index contributed by atoms with van der Waals surface area (Å²) in [4.78, 5) is 7.38. The third-order valence-corrected chi connectivity index (χ3v) is 10.6. The molecule has 0 saturated heterocycles. The Kier molecular flexibility index (Phi) is 7.34.